The maximum Gasteiger partial charge on any atom is 0.408 e. The predicted molar refractivity (Wildman–Crippen MR) is 63.6 cm³/mol. The molecule has 1 saturated heterocycles. The zero-order chi connectivity index (χ0) is 11.4. The molecule has 2 atom stereocenters. The van der Waals surface area contributed by atoms with E-state index in [4.69, 9.17) is 0 Å². The number of ether oxygens (including phenoxy) is 1. The highest BCUT2D eigenvalue weighted by atomic mass is 32.2. The summed E-state index contributed by atoms with van der Waals surface area (Å²) in [6.07, 6.45) is 6.24. The van der Waals surface area contributed by atoms with Crippen molar-refractivity contribution in [1.29, 1.82) is 0 Å². The number of carbonyl (C=O) groups excluding carboxylic acids is 1. The molecule has 2 unspecified atom stereocenters. The topological polar surface area (TPSA) is 62.4 Å². The van der Waals surface area contributed by atoms with Crippen molar-refractivity contribution in [2.45, 2.75) is 43.0 Å². The number of alkyl carbamates (subject to hydrolysis) is 1. The van der Waals surface area contributed by atoms with Gasteiger partial charge in [-0.2, -0.15) is 0 Å². The lowest BCUT2D eigenvalue weighted by atomic mass is 10.0. The molecule has 0 aromatic carbocycles. The smallest absolute Gasteiger partial charge is 0.408 e. The van der Waals surface area contributed by atoms with E-state index in [0.29, 0.717) is 5.37 Å². The Kier molecular flexibility index (Phi) is 4.31. The Labute approximate surface area is 100 Å². The van der Waals surface area contributed by atoms with Crippen LogP contribution in [0, 0.1) is 5.92 Å². The fraction of sp³-hybridized carbons (Fsp3) is 0.900. The van der Waals surface area contributed by atoms with Crippen molar-refractivity contribution >= 4 is 17.9 Å². The van der Waals surface area contributed by atoms with Crippen LogP contribution in [0.4, 0.5) is 4.79 Å². The monoisotopic (exact) mass is 245 g/mol. The van der Waals surface area contributed by atoms with E-state index in [2.05, 4.69) is 20.9 Å². The third-order valence-corrected chi connectivity index (χ3v) is 4.28. The largest absolute Gasteiger partial charge is 0.453 e. The molecule has 0 radical (unpaired) electrons. The van der Waals surface area contributed by atoms with E-state index in [0.717, 1.165) is 5.92 Å². The fourth-order valence-corrected chi connectivity index (χ4v) is 3.45. The predicted octanol–water partition coefficient (Wildman–Crippen LogP) is 1.37. The van der Waals surface area contributed by atoms with Crippen molar-refractivity contribution in [2.24, 2.45) is 5.92 Å². The van der Waals surface area contributed by atoms with Crippen LogP contribution < -0.4 is 16.2 Å². The Morgan fingerprint density at radius 1 is 1.44 bits per heavy atom. The van der Waals surface area contributed by atoms with Crippen LogP contribution in [0.3, 0.4) is 0 Å². The summed E-state index contributed by atoms with van der Waals surface area (Å²) in [5.41, 5.74) is 6.17. The first-order chi connectivity index (χ1) is 7.78. The second-order valence-electron chi connectivity index (χ2n) is 4.32. The Balaban J connectivity index is 1.68. The summed E-state index contributed by atoms with van der Waals surface area (Å²) < 4.78 is 4.55. The molecule has 1 aliphatic heterocycles. The number of carbonyl (C=O) groups is 1. The first-order valence-electron chi connectivity index (χ1n) is 5.79. The van der Waals surface area contributed by atoms with Gasteiger partial charge in [0.2, 0.25) is 0 Å². The van der Waals surface area contributed by atoms with Gasteiger partial charge in [0.25, 0.3) is 0 Å². The summed E-state index contributed by atoms with van der Waals surface area (Å²) in [5, 5.41) is 3.11. The number of hydrazine groups is 1. The Morgan fingerprint density at radius 3 is 2.88 bits per heavy atom. The standard InChI is InChI=1S/C10H19N3O2S/c1-15-10(14)11-9-13-12-8(16-9)6-7-4-2-3-5-7/h7-9,12-13H,2-6H2,1H3,(H,11,14). The number of hydrogen-bond donors (Lipinski definition) is 3. The summed E-state index contributed by atoms with van der Waals surface area (Å²) in [7, 11) is 1.37. The van der Waals surface area contributed by atoms with Crippen LogP contribution >= 0.6 is 11.8 Å². The lowest BCUT2D eigenvalue weighted by Gasteiger charge is -2.14. The third kappa shape index (κ3) is 3.26. The minimum atomic E-state index is -0.395. The number of methoxy groups -OCH3 is 1. The molecule has 1 saturated carbocycles. The van der Waals surface area contributed by atoms with E-state index in [1.165, 1.54) is 39.2 Å². The van der Waals surface area contributed by atoms with Gasteiger partial charge >= 0.3 is 6.09 Å². The molecule has 2 aliphatic rings. The number of nitrogens with one attached hydrogen (secondary N) is 3. The van der Waals surface area contributed by atoms with Gasteiger partial charge in [-0.1, -0.05) is 37.4 Å². The zero-order valence-corrected chi connectivity index (χ0v) is 10.3. The SMILES string of the molecule is COC(=O)NC1NNC(CC2CCCC2)S1. The first kappa shape index (κ1) is 12.0. The average Bonchev–Trinajstić information content (AvgIpc) is 2.91. The van der Waals surface area contributed by atoms with E-state index in [-0.39, 0.29) is 5.50 Å². The maximum atomic E-state index is 11.0. The minimum absolute atomic E-state index is 0.0844. The lowest BCUT2D eigenvalue weighted by molar-refractivity contribution is 0.168. The van der Waals surface area contributed by atoms with Gasteiger partial charge in [-0.15, -0.1) is 0 Å². The van der Waals surface area contributed by atoms with Crippen LogP contribution in [0.2, 0.25) is 0 Å². The van der Waals surface area contributed by atoms with Crippen molar-refractivity contribution in [3.63, 3.8) is 0 Å². The lowest BCUT2D eigenvalue weighted by Crippen LogP contribution is -2.43. The molecule has 0 aromatic heterocycles. The molecule has 16 heavy (non-hydrogen) atoms. The van der Waals surface area contributed by atoms with Gasteiger partial charge in [-0.25, -0.2) is 15.6 Å². The molecule has 5 nitrogen and oxygen atoms in total. The van der Waals surface area contributed by atoms with E-state index >= 15 is 0 Å². The molecule has 0 spiro atoms. The van der Waals surface area contributed by atoms with E-state index in [1.54, 1.807) is 11.8 Å². The summed E-state index contributed by atoms with van der Waals surface area (Å²) in [6.45, 7) is 0. The van der Waals surface area contributed by atoms with Crippen molar-refractivity contribution < 1.29 is 9.53 Å². The van der Waals surface area contributed by atoms with Crippen LogP contribution in [0.5, 0.6) is 0 Å². The maximum absolute atomic E-state index is 11.0. The molecule has 3 N–H and O–H groups in total. The van der Waals surface area contributed by atoms with Gasteiger partial charge in [0, 0.05) is 0 Å². The highest BCUT2D eigenvalue weighted by molar-refractivity contribution is 8.00. The summed E-state index contributed by atoms with van der Waals surface area (Å²) in [4.78, 5) is 11.0. The highest BCUT2D eigenvalue weighted by Crippen LogP contribution is 2.32. The number of thioether (sulfide) groups is 1. The molecule has 1 amide bonds. The highest BCUT2D eigenvalue weighted by Gasteiger charge is 2.28. The minimum Gasteiger partial charge on any atom is -0.453 e. The summed E-state index contributed by atoms with van der Waals surface area (Å²) in [5.74, 6) is 0.851. The molecular weight excluding hydrogens is 226 g/mol. The second-order valence-corrected chi connectivity index (χ2v) is 5.63. The third-order valence-electron chi connectivity index (χ3n) is 3.13. The van der Waals surface area contributed by atoms with Gasteiger partial charge in [0.1, 0.15) is 5.50 Å². The number of hydrogen-bond acceptors (Lipinski definition) is 5. The zero-order valence-electron chi connectivity index (χ0n) is 9.49. The molecule has 92 valence electrons. The Hall–Kier alpha value is -0.460. The normalized spacial score (nSPS) is 30.6. The molecular formula is C10H19N3O2S. The molecule has 1 heterocycles. The van der Waals surface area contributed by atoms with Crippen LogP contribution in [0.15, 0.2) is 0 Å². The van der Waals surface area contributed by atoms with E-state index in [1.807, 2.05) is 0 Å². The molecule has 2 fully saturated rings. The van der Waals surface area contributed by atoms with Crippen molar-refractivity contribution in [3.8, 4) is 0 Å². The van der Waals surface area contributed by atoms with Gasteiger partial charge in [-0.05, 0) is 12.3 Å². The Bertz CT molecular complexity index is 246. The van der Waals surface area contributed by atoms with E-state index in [9.17, 15) is 4.79 Å². The van der Waals surface area contributed by atoms with Gasteiger partial charge < -0.3 is 4.74 Å². The Morgan fingerprint density at radius 2 is 2.19 bits per heavy atom. The van der Waals surface area contributed by atoms with Crippen LogP contribution in [-0.4, -0.2) is 24.1 Å². The molecule has 1 aliphatic carbocycles. The summed E-state index contributed by atoms with van der Waals surface area (Å²) >= 11 is 1.71. The number of amides is 1. The molecule has 0 bridgehead atoms. The molecule has 0 aromatic rings. The van der Waals surface area contributed by atoms with Crippen LogP contribution in [0.1, 0.15) is 32.1 Å². The quantitative estimate of drug-likeness (QED) is 0.701. The van der Waals surface area contributed by atoms with E-state index < -0.39 is 6.09 Å². The van der Waals surface area contributed by atoms with Crippen LogP contribution in [-0.2, 0) is 4.74 Å². The first-order valence-corrected chi connectivity index (χ1v) is 6.73. The van der Waals surface area contributed by atoms with Gasteiger partial charge in [0.05, 0.1) is 12.5 Å². The van der Waals surface area contributed by atoms with Crippen molar-refractivity contribution in [2.75, 3.05) is 7.11 Å². The van der Waals surface area contributed by atoms with Gasteiger partial charge in [-0.3, -0.25) is 5.32 Å². The fourth-order valence-electron chi connectivity index (χ4n) is 2.30. The summed E-state index contributed by atoms with van der Waals surface area (Å²) in [6, 6.07) is 0. The van der Waals surface area contributed by atoms with Crippen LogP contribution in [0.25, 0.3) is 0 Å². The number of rotatable bonds is 3. The molecule has 2 rings (SSSR count). The average molecular weight is 245 g/mol. The second kappa shape index (κ2) is 5.75. The molecule has 6 heteroatoms. The van der Waals surface area contributed by atoms with Crippen molar-refractivity contribution in [3.05, 3.63) is 0 Å². The van der Waals surface area contributed by atoms with Gasteiger partial charge in [0.15, 0.2) is 0 Å². The van der Waals surface area contributed by atoms with Crippen molar-refractivity contribution in [1.82, 2.24) is 16.2 Å².